The molecule has 0 fully saturated rings. The van der Waals surface area contributed by atoms with Gasteiger partial charge in [0, 0.05) is 17.3 Å². The zero-order chi connectivity index (χ0) is 15.2. The van der Waals surface area contributed by atoms with Crippen LogP contribution >= 0.6 is 0 Å². The van der Waals surface area contributed by atoms with E-state index in [2.05, 4.69) is 5.32 Å². The maximum absolute atomic E-state index is 13.3. The van der Waals surface area contributed by atoms with Crippen LogP contribution in [0.15, 0.2) is 42.5 Å². The van der Waals surface area contributed by atoms with Gasteiger partial charge in [0.1, 0.15) is 5.82 Å². The number of para-hydroxylation sites is 1. The van der Waals surface area contributed by atoms with Gasteiger partial charge in [0.25, 0.3) is 5.91 Å². The van der Waals surface area contributed by atoms with Crippen LogP contribution in [0.2, 0.25) is 0 Å². The Labute approximate surface area is 120 Å². The van der Waals surface area contributed by atoms with Gasteiger partial charge in [-0.05, 0) is 18.2 Å². The number of carbonyl (C=O) groups is 1. The standard InChI is InChI=1S/C15H13F2NO3/c16-11-5-6-14(12(17)7-11)21-9-15(20)18-13-4-2-1-3-10(13)8-19/h1-7,19H,8-9H2,(H,18,20). The van der Waals surface area contributed by atoms with Gasteiger partial charge in [-0.25, -0.2) is 8.78 Å². The summed E-state index contributed by atoms with van der Waals surface area (Å²) in [4.78, 5) is 11.7. The molecule has 0 unspecified atom stereocenters. The predicted octanol–water partition coefficient (Wildman–Crippen LogP) is 2.47. The highest BCUT2D eigenvalue weighted by molar-refractivity contribution is 5.92. The van der Waals surface area contributed by atoms with Crippen LogP contribution in [-0.2, 0) is 11.4 Å². The van der Waals surface area contributed by atoms with Gasteiger partial charge in [-0.2, -0.15) is 0 Å². The molecule has 0 aromatic heterocycles. The molecule has 0 radical (unpaired) electrons. The van der Waals surface area contributed by atoms with E-state index in [-0.39, 0.29) is 12.4 Å². The summed E-state index contributed by atoms with van der Waals surface area (Å²) in [5, 5.41) is 11.7. The van der Waals surface area contributed by atoms with Crippen LogP contribution in [0.1, 0.15) is 5.56 Å². The molecule has 110 valence electrons. The number of nitrogens with one attached hydrogen (secondary N) is 1. The van der Waals surface area contributed by atoms with Crippen molar-refractivity contribution in [2.45, 2.75) is 6.61 Å². The summed E-state index contributed by atoms with van der Waals surface area (Å²) in [5.41, 5.74) is 1.01. The van der Waals surface area contributed by atoms with E-state index in [0.29, 0.717) is 17.3 Å². The lowest BCUT2D eigenvalue weighted by Gasteiger charge is -2.10. The zero-order valence-electron chi connectivity index (χ0n) is 11.0. The Bertz CT molecular complexity index is 647. The number of carbonyl (C=O) groups excluding carboxylic acids is 1. The lowest BCUT2D eigenvalue weighted by molar-refractivity contribution is -0.118. The molecule has 4 nitrogen and oxygen atoms in total. The third-order valence-corrected chi connectivity index (χ3v) is 2.71. The van der Waals surface area contributed by atoms with Crippen molar-refractivity contribution in [3.05, 3.63) is 59.7 Å². The van der Waals surface area contributed by atoms with E-state index in [0.717, 1.165) is 12.1 Å². The fourth-order valence-corrected chi connectivity index (χ4v) is 1.70. The number of benzene rings is 2. The van der Waals surface area contributed by atoms with E-state index < -0.39 is 24.1 Å². The highest BCUT2D eigenvalue weighted by Gasteiger charge is 2.09. The number of aliphatic hydroxyl groups is 1. The first-order chi connectivity index (χ1) is 10.1. The van der Waals surface area contributed by atoms with Crippen molar-refractivity contribution in [3.63, 3.8) is 0 Å². The molecule has 0 aliphatic rings. The molecule has 0 atom stereocenters. The smallest absolute Gasteiger partial charge is 0.262 e. The van der Waals surface area contributed by atoms with Gasteiger partial charge in [0.15, 0.2) is 18.2 Å². The van der Waals surface area contributed by atoms with Gasteiger partial charge in [0.2, 0.25) is 0 Å². The Morgan fingerprint density at radius 1 is 1.19 bits per heavy atom. The summed E-state index contributed by atoms with van der Waals surface area (Å²) in [5.74, 6) is -2.32. The highest BCUT2D eigenvalue weighted by atomic mass is 19.1. The minimum Gasteiger partial charge on any atom is -0.481 e. The summed E-state index contributed by atoms with van der Waals surface area (Å²) in [7, 11) is 0. The second kappa shape index (κ2) is 6.81. The first kappa shape index (κ1) is 14.9. The van der Waals surface area contributed by atoms with Gasteiger partial charge in [-0.15, -0.1) is 0 Å². The normalized spacial score (nSPS) is 10.2. The SMILES string of the molecule is O=C(COc1ccc(F)cc1F)Nc1ccccc1CO. The van der Waals surface area contributed by atoms with Crippen LogP contribution in [0, 0.1) is 11.6 Å². The average Bonchev–Trinajstić information content (AvgIpc) is 2.47. The summed E-state index contributed by atoms with van der Waals surface area (Å²) in [6.45, 7) is -0.647. The van der Waals surface area contributed by atoms with Crippen molar-refractivity contribution in [2.24, 2.45) is 0 Å². The molecule has 1 amide bonds. The topological polar surface area (TPSA) is 58.6 Å². The van der Waals surface area contributed by atoms with Gasteiger partial charge >= 0.3 is 0 Å². The highest BCUT2D eigenvalue weighted by Crippen LogP contribution is 2.18. The zero-order valence-corrected chi connectivity index (χ0v) is 11.0. The van der Waals surface area contributed by atoms with E-state index >= 15 is 0 Å². The van der Waals surface area contributed by atoms with Crippen molar-refractivity contribution >= 4 is 11.6 Å². The second-order valence-electron chi connectivity index (χ2n) is 4.23. The van der Waals surface area contributed by atoms with Crippen molar-refractivity contribution in [2.75, 3.05) is 11.9 Å². The van der Waals surface area contributed by atoms with Crippen LogP contribution in [0.4, 0.5) is 14.5 Å². The lowest BCUT2D eigenvalue weighted by atomic mass is 10.2. The van der Waals surface area contributed by atoms with E-state index in [9.17, 15) is 13.6 Å². The van der Waals surface area contributed by atoms with Crippen LogP contribution in [-0.4, -0.2) is 17.6 Å². The molecule has 0 spiro atoms. The van der Waals surface area contributed by atoms with Crippen LogP contribution in [0.25, 0.3) is 0 Å². The average molecular weight is 293 g/mol. The molecule has 2 N–H and O–H groups in total. The summed E-state index contributed by atoms with van der Waals surface area (Å²) < 4.78 is 31.0. The molecule has 0 aliphatic heterocycles. The summed E-state index contributed by atoms with van der Waals surface area (Å²) in [6, 6.07) is 9.55. The number of hydrogen-bond acceptors (Lipinski definition) is 3. The minimum atomic E-state index is -0.876. The number of hydrogen-bond donors (Lipinski definition) is 2. The molecule has 21 heavy (non-hydrogen) atoms. The number of rotatable bonds is 5. The molecular formula is C15H13F2NO3. The Balaban J connectivity index is 1.96. The molecule has 2 rings (SSSR count). The number of aliphatic hydroxyl groups excluding tert-OH is 1. The maximum atomic E-state index is 13.3. The van der Waals surface area contributed by atoms with E-state index in [1.54, 1.807) is 24.3 Å². The summed E-state index contributed by atoms with van der Waals surface area (Å²) in [6.07, 6.45) is 0. The predicted molar refractivity (Wildman–Crippen MR) is 72.8 cm³/mol. The van der Waals surface area contributed by atoms with E-state index in [1.807, 2.05) is 0 Å². The molecule has 0 saturated heterocycles. The molecule has 2 aromatic carbocycles. The largest absolute Gasteiger partial charge is 0.481 e. The Morgan fingerprint density at radius 3 is 2.67 bits per heavy atom. The molecular weight excluding hydrogens is 280 g/mol. The molecule has 6 heteroatoms. The Kier molecular flexibility index (Phi) is 4.84. The Morgan fingerprint density at radius 2 is 1.95 bits per heavy atom. The monoisotopic (exact) mass is 293 g/mol. The van der Waals surface area contributed by atoms with Crippen LogP contribution in [0.3, 0.4) is 0 Å². The number of ether oxygens (including phenoxy) is 1. The van der Waals surface area contributed by atoms with Gasteiger partial charge in [0.05, 0.1) is 6.61 Å². The van der Waals surface area contributed by atoms with Crippen molar-refractivity contribution in [3.8, 4) is 5.75 Å². The van der Waals surface area contributed by atoms with E-state index in [4.69, 9.17) is 9.84 Å². The number of halogens is 2. The third-order valence-electron chi connectivity index (χ3n) is 2.71. The van der Waals surface area contributed by atoms with Gasteiger partial charge in [-0.1, -0.05) is 18.2 Å². The molecule has 0 heterocycles. The molecule has 0 aliphatic carbocycles. The third kappa shape index (κ3) is 4.00. The van der Waals surface area contributed by atoms with Crippen molar-refractivity contribution < 1.29 is 23.4 Å². The number of anilines is 1. The first-order valence-electron chi connectivity index (χ1n) is 6.16. The van der Waals surface area contributed by atoms with Crippen molar-refractivity contribution in [1.82, 2.24) is 0 Å². The van der Waals surface area contributed by atoms with Crippen LogP contribution < -0.4 is 10.1 Å². The molecule has 0 bridgehead atoms. The molecule has 2 aromatic rings. The summed E-state index contributed by atoms with van der Waals surface area (Å²) >= 11 is 0. The van der Waals surface area contributed by atoms with E-state index in [1.165, 1.54) is 0 Å². The molecule has 0 saturated carbocycles. The maximum Gasteiger partial charge on any atom is 0.262 e. The lowest BCUT2D eigenvalue weighted by Crippen LogP contribution is -2.21. The number of amides is 1. The van der Waals surface area contributed by atoms with Crippen molar-refractivity contribution in [1.29, 1.82) is 0 Å². The quantitative estimate of drug-likeness (QED) is 0.890. The van der Waals surface area contributed by atoms with Gasteiger partial charge in [-0.3, -0.25) is 4.79 Å². The fourth-order valence-electron chi connectivity index (χ4n) is 1.70. The minimum absolute atomic E-state index is 0.206. The first-order valence-corrected chi connectivity index (χ1v) is 6.16. The Hall–Kier alpha value is -2.47. The van der Waals surface area contributed by atoms with Gasteiger partial charge < -0.3 is 15.2 Å². The second-order valence-corrected chi connectivity index (χ2v) is 4.23. The van der Waals surface area contributed by atoms with Crippen LogP contribution in [0.5, 0.6) is 5.75 Å². The fraction of sp³-hybridized carbons (Fsp3) is 0.133.